The van der Waals surface area contributed by atoms with Crippen LogP contribution in [0.1, 0.15) is 17.3 Å². The number of anilines is 1. The van der Waals surface area contributed by atoms with E-state index in [4.69, 9.17) is 27.9 Å². The second-order valence-electron chi connectivity index (χ2n) is 6.84. The Morgan fingerprint density at radius 1 is 1.12 bits per heavy atom. The quantitative estimate of drug-likeness (QED) is 0.331. The Morgan fingerprint density at radius 2 is 1.88 bits per heavy atom. The highest BCUT2D eigenvalue weighted by Gasteiger charge is 2.24. The van der Waals surface area contributed by atoms with Crippen LogP contribution in [0.25, 0.3) is 22.5 Å². The molecule has 2 aromatic heterocycles. The molecule has 0 radical (unpaired) electrons. The molecule has 174 valence electrons. The van der Waals surface area contributed by atoms with E-state index in [1.165, 1.54) is 18.2 Å². The predicted molar refractivity (Wildman–Crippen MR) is 128 cm³/mol. The first-order valence-electron chi connectivity index (χ1n) is 9.94. The third kappa shape index (κ3) is 4.93. The van der Waals surface area contributed by atoms with Gasteiger partial charge in [0.15, 0.2) is 0 Å². The lowest BCUT2D eigenvalue weighted by Gasteiger charge is -2.09. The second kappa shape index (κ2) is 10.3. The molecule has 0 fully saturated rings. The van der Waals surface area contributed by atoms with Gasteiger partial charge in [-0.25, -0.2) is 9.18 Å². The van der Waals surface area contributed by atoms with Crippen LogP contribution in [-0.2, 0) is 16.1 Å². The molecule has 0 unspecified atom stereocenters. The molecule has 2 heterocycles. The first-order valence-corrected chi connectivity index (χ1v) is 11.6. The summed E-state index contributed by atoms with van der Waals surface area (Å²) in [5.41, 5.74) is 1.36. The van der Waals surface area contributed by atoms with E-state index >= 15 is 0 Å². The van der Waals surface area contributed by atoms with Crippen molar-refractivity contribution in [3.63, 3.8) is 0 Å². The molecule has 0 saturated carbocycles. The van der Waals surface area contributed by atoms with Gasteiger partial charge in [0.2, 0.25) is 11.7 Å². The number of halogens is 3. The van der Waals surface area contributed by atoms with Crippen molar-refractivity contribution in [3.8, 4) is 22.5 Å². The van der Waals surface area contributed by atoms with Gasteiger partial charge in [-0.3, -0.25) is 4.79 Å². The van der Waals surface area contributed by atoms with Crippen molar-refractivity contribution >= 4 is 51.4 Å². The van der Waals surface area contributed by atoms with Crippen LogP contribution < -0.4 is 5.32 Å². The van der Waals surface area contributed by atoms with Gasteiger partial charge in [-0.1, -0.05) is 47.5 Å². The van der Waals surface area contributed by atoms with E-state index in [0.29, 0.717) is 16.1 Å². The van der Waals surface area contributed by atoms with E-state index in [0.717, 1.165) is 16.1 Å². The molecule has 12 heteroatoms. The van der Waals surface area contributed by atoms with Crippen molar-refractivity contribution in [1.29, 1.82) is 0 Å². The van der Waals surface area contributed by atoms with Gasteiger partial charge in [0.25, 0.3) is 0 Å². The number of thiophene rings is 1. The number of aromatic nitrogens is 4. The van der Waals surface area contributed by atoms with Crippen LogP contribution in [0, 0.1) is 5.82 Å². The minimum absolute atomic E-state index is 0.0111. The molecule has 4 rings (SSSR count). The Morgan fingerprint density at radius 3 is 2.62 bits per heavy atom. The van der Waals surface area contributed by atoms with Crippen LogP contribution in [-0.4, -0.2) is 38.7 Å². The van der Waals surface area contributed by atoms with Gasteiger partial charge < -0.3 is 10.1 Å². The Hall–Kier alpha value is -3.34. The van der Waals surface area contributed by atoms with Crippen molar-refractivity contribution in [2.24, 2.45) is 0 Å². The number of nitrogens with one attached hydrogen (secondary N) is 1. The summed E-state index contributed by atoms with van der Waals surface area (Å²) in [6.45, 7) is 1.52. The highest BCUT2D eigenvalue weighted by molar-refractivity contribution is 7.15. The second-order valence-corrected chi connectivity index (χ2v) is 8.54. The average Bonchev–Trinajstić information content (AvgIpc) is 3.41. The minimum Gasteiger partial charge on any atom is -0.462 e. The van der Waals surface area contributed by atoms with Gasteiger partial charge in [-0.2, -0.15) is 4.80 Å². The van der Waals surface area contributed by atoms with Crippen molar-refractivity contribution in [2.75, 3.05) is 11.9 Å². The first kappa shape index (κ1) is 23.8. The number of amides is 1. The number of esters is 1. The van der Waals surface area contributed by atoms with Crippen LogP contribution >= 0.6 is 34.5 Å². The van der Waals surface area contributed by atoms with Gasteiger partial charge in [0, 0.05) is 21.5 Å². The van der Waals surface area contributed by atoms with E-state index in [9.17, 15) is 14.0 Å². The summed E-state index contributed by atoms with van der Waals surface area (Å²) in [4.78, 5) is 26.4. The zero-order valence-electron chi connectivity index (χ0n) is 17.6. The number of ether oxygens (including phenoxy) is 1. The molecule has 0 aliphatic carbocycles. The maximum atomic E-state index is 14.1. The van der Waals surface area contributed by atoms with Gasteiger partial charge in [-0.15, -0.1) is 21.5 Å². The lowest BCUT2D eigenvalue weighted by Crippen LogP contribution is -2.21. The molecule has 0 atom stereocenters. The minimum atomic E-state index is -0.610. The number of hydrogen-bond donors (Lipinski definition) is 1. The number of rotatable bonds is 7. The van der Waals surface area contributed by atoms with E-state index in [-0.39, 0.29) is 40.1 Å². The fourth-order valence-electron chi connectivity index (χ4n) is 3.15. The Balaban J connectivity index is 1.58. The summed E-state index contributed by atoms with van der Waals surface area (Å²) in [6, 6.07) is 11.2. The largest absolute Gasteiger partial charge is 0.462 e. The van der Waals surface area contributed by atoms with Crippen molar-refractivity contribution in [3.05, 3.63) is 69.3 Å². The van der Waals surface area contributed by atoms with Crippen molar-refractivity contribution < 1.29 is 18.7 Å². The fraction of sp³-hybridized carbons (Fsp3) is 0.136. The van der Waals surface area contributed by atoms with Crippen LogP contribution in [0.15, 0.2) is 47.8 Å². The van der Waals surface area contributed by atoms with E-state index in [2.05, 4.69) is 20.7 Å². The zero-order chi connectivity index (χ0) is 24.2. The summed E-state index contributed by atoms with van der Waals surface area (Å²) in [6.07, 6.45) is 0. The smallest absolute Gasteiger partial charge is 0.341 e. The topological polar surface area (TPSA) is 99.0 Å². The SMILES string of the molecule is CCOC(=O)c1c(-c2ccccc2Cl)csc1NC(=O)Cn1nnc(-c2c(F)cccc2Cl)n1. The first-order chi connectivity index (χ1) is 16.4. The Labute approximate surface area is 207 Å². The summed E-state index contributed by atoms with van der Waals surface area (Å²) in [5.74, 6) is -1.78. The molecule has 0 bridgehead atoms. The Kier molecular flexibility index (Phi) is 7.20. The van der Waals surface area contributed by atoms with Gasteiger partial charge >= 0.3 is 5.97 Å². The molecule has 1 amide bonds. The molecule has 4 aromatic rings. The Bertz CT molecular complexity index is 1350. The summed E-state index contributed by atoms with van der Waals surface area (Å²) in [5, 5.41) is 16.9. The molecule has 8 nitrogen and oxygen atoms in total. The van der Waals surface area contributed by atoms with Gasteiger partial charge in [-0.05, 0) is 30.3 Å². The molecular formula is C22H16Cl2FN5O3S. The molecule has 2 aromatic carbocycles. The number of nitrogens with zero attached hydrogens (tertiary/aromatic N) is 4. The van der Waals surface area contributed by atoms with Crippen LogP contribution in [0.5, 0.6) is 0 Å². The molecular weight excluding hydrogens is 504 g/mol. The van der Waals surface area contributed by atoms with E-state index < -0.39 is 17.7 Å². The zero-order valence-corrected chi connectivity index (χ0v) is 19.9. The maximum Gasteiger partial charge on any atom is 0.341 e. The third-order valence-corrected chi connectivity index (χ3v) is 6.15. The monoisotopic (exact) mass is 519 g/mol. The maximum absolute atomic E-state index is 14.1. The normalized spacial score (nSPS) is 10.8. The summed E-state index contributed by atoms with van der Waals surface area (Å²) in [7, 11) is 0. The van der Waals surface area contributed by atoms with Gasteiger partial charge in [0.05, 0.1) is 17.2 Å². The molecule has 34 heavy (non-hydrogen) atoms. The predicted octanol–water partition coefficient (Wildman–Crippen LogP) is 5.33. The van der Waals surface area contributed by atoms with Crippen LogP contribution in [0.3, 0.4) is 0 Å². The standard InChI is InChI=1S/C22H16Cl2FN5O3S/c1-2-33-22(32)18-13(12-6-3-4-7-14(12)23)11-34-21(18)26-17(31)10-30-28-20(27-29-30)19-15(24)8-5-9-16(19)25/h3-9,11H,2,10H2,1H3,(H,26,31). The number of benzene rings is 2. The van der Waals surface area contributed by atoms with E-state index in [1.54, 1.807) is 36.6 Å². The summed E-state index contributed by atoms with van der Waals surface area (Å²) < 4.78 is 19.3. The number of carbonyl (C=O) groups excluding carboxylic acids is 2. The van der Waals surface area contributed by atoms with Crippen molar-refractivity contribution in [1.82, 2.24) is 20.2 Å². The summed E-state index contributed by atoms with van der Waals surface area (Å²) >= 11 is 13.5. The lowest BCUT2D eigenvalue weighted by atomic mass is 10.0. The number of carbonyl (C=O) groups is 2. The fourth-order valence-corrected chi connectivity index (χ4v) is 4.60. The molecule has 0 spiro atoms. The number of tetrazole rings is 1. The molecule has 0 aliphatic heterocycles. The molecule has 0 saturated heterocycles. The molecule has 1 N–H and O–H groups in total. The van der Waals surface area contributed by atoms with Crippen molar-refractivity contribution in [2.45, 2.75) is 13.5 Å². The van der Waals surface area contributed by atoms with Crippen LogP contribution in [0.4, 0.5) is 9.39 Å². The average molecular weight is 520 g/mol. The molecule has 0 aliphatic rings. The highest BCUT2D eigenvalue weighted by Crippen LogP contribution is 2.39. The van der Waals surface area contributed by atoms with E-state index in [1.807, 2.05) is 0 Å². The number of hydrogen-bond acceptors (Lipinski definition) is 7. The highest BCUT2D eigenvalue weighted by atomic mass is 35.5. The van der Waals surface area contributed by atoms with Crippen LogP contribution in [0.2, 0.25) is 10.0 Å². The lowest BCUT2D eigenvalue weighted by molar-refractivity contribution is -0.117. The third-order valence-electron chi connectivity index (χ3n) is 4.61. The van der Waals surface area contributed by atoms with Gasteiger partial charge in [0.1, 0.15) is 22.9 Å².